The van der Waals surface area contributed by atoms with E-state index >= 15 is 0 Å². The molecule has 0 fully saturated rings. The lowest BCUT2D eigenvalue weighted by molar-refractivity contribution is 0.0696. The van der Waals surface area contributed by atoms with E-state index in [1.165, 1.54) is 12.1 Å². The summed E-state index contributed by atoms with van der Waals surface area (Å²) < 4.78 is 28.9. The number of carboxylic acids is 1. The molecule has 0 unspecified atom stereocenters. The summed E-state index contributed by atoms with van der Waals surface area (Å²) in [6.45, 7) is 3.23. The number of halogens is 3. The third kappa shape index (κ3) is 4.96. The molecule has 3 aromatic rings. The maximum atomic E-state index is 13.9. The van der Waals surface area contributed by atoms with E-state index in [1.54, 1.807) is 43.3 Å². The zero-order valence-corrected chi connectivity index (χ0v) is 21.2. The summed E-state index contributed by atoms with van der Waals surface area (Å²) in [6, 6.07) is 14.5. The smallest absolute Gasteiger partial charge is 0.336 e. The first kappa shape index (κ1) is 24.6. The summed E-state index contributed by atoms with van der Waals surface area (Å²) in [7, 11) is -4.10. The Hall–Kier alpha value is -2.06. The van der Waals surface area contributed by atoms with E-state index in [0.717, 1.165) is 15.4 Å². The molecule has 1 N–H and O–H groups in total. The van der Waals surface area contributed by atoms with Gasteiger partial charge in [0, 0.05) is 20.9 Å². The van der Waals surface area contributed by atoms with Crippen molar-refractivity contribution in [3.05, 3.63) is 92.5 Å². The van der Waals surface area contributed by atoms with Crippen LogP contribution >= 0.6 is 39.1 Å². The monoisotopic (exact) mass is 555 g/mol. The minimum Gasteiger partial charge on any atom is -0.478 e. The minimum atomic E-state index is -4.10. The lowest BCUT2D eigenvalue weighted by atomic mass is 10.1. The number of alkyl halides is 1. The van der Waals surface area contributed by atoms with Crippen LogP contribution in [0.4, 0.5) is 5.69 Å². The molecule has 0 radical (unpaired) electrons. The third-order valence-corrected chi connectivity index (χ3v) is 8.11. The van der Waals surface area contributed by atoms with E-state index in [2.05, 4.69) is 15.9 Å². The quantitative estimate of drug-likeness (QED) is 0.333. The van der Waals surface area contributed by atoms with Gasteiger partial charge in [0.05, 0.1) is 22.7 Å². The molecule has 9 heteroatoms. The van der Waals surface area contributed by atoms with Crippen LogP contribution in [0.25, 0.3) is 0 Å². The molecule has 0 aliphatic rings. The molecule has 0 spiro atoms. The Morgan fingerprint density at radius 2 is 1.66 bits per heavy atom. The summed E-state index contributed by atoms with van der Waals surface area (Å²) in [6.07, 6.45) is 0. The number of benzene rings is 3. The molecule has 0 heterocycles. The van der Waals surface area contributed by atoms with Crippen molar-refractivity contribution in [2.75, 3.05) is 4.31 Å². The van der Waals surface area contributed by atoms with Gasteiger partial charge in [-0.2, -0.15) is 0 Å². The fourth-order valence-corrected chi connectivity index (χ4v) is 5.92. The average molecular weight is 557 g/mol. The van der Waals surface area contributed by atoms with Crippen molar-refractivity contribution < 1.29 is 18.3 Å². The standard InChI is InChI=1S/C23H20BrCl2NO4S/c1-14-9-16(12-24)11-17(10-14)32(30,31)27(13-19-20(25)6-4-7-21(19)26)22-8-3-5-18(15(22)2)23(28)29/h3-11H,12-13H2,1-2H3,(H,28,29). The highest BCUT2D eigenvalue weighted by atomic mass is 79.9. The number of rotatable bonds is 7. The molecule has 0 amide bonds. The Bertz CT molecular complexity index is 1270. The van der Waals surface area contributed by atoms with E-state index in [4.69, 9.17) is 23.2 Å². The first-order chi connectivity index (χ1) is 15.1. The maximum absolute atomic E-state index is 13.9. The van der Waals surface area contributed by atoms with E-state index in [0.29, 0.717) is 26.5 Å². The SMILES string of the molecule is Cc1cc(CBr)cc(S(=O)(=O)N(Cc2c(Cl)cccc2Cl)c2cccc(C(=O)O)c2C)c1. The van der Waals surface area contributed by atoms with Crippen molar-refractivity contribution in [2.24, 2.45) is 0 Å². The van der Waals surface area contributed by atoms with Gasteiger partial charge >= 0.3 is 5.97 Å². The van der Waals surface area contributed by atoms with Crippen LogP contribution < -0.4 is 4.31 Å². The highest BCUT2D eigenvalue weighted by Gasteiger charge is 2.29. The summed E-state index contributed by atoms with van der Waals surface area (Å²) in [5, 5.41) is 10.7. The van der Waals surface area contributed by atoms with Gasteiger partial charge in [0.25, 0.3) is 10.0 Å². The molecule has 0 bridgehead atoms. The van der Waals surface area contributed by atoms with Crippen molar-refractivity contribution in [1.29, 1.82) is 0 Å². The van der Waals surface area contributed by atoms with Gasteiger partial charge in [-0.05, 0) is 66.9 Å². The number of aromatic carboxylic acids is 1. The molecule has 3 rings (SSSR count). The van der Waals surface area contributed by atoms with Crippen LogP contribution in [-0.2, 0) is 21.9 Å². The lowest BCUT2D eigenvalue weighted by Crippen LogP contribution is -2.32. The minimum absolute atomic E-state index is 0.0124. The van der Waals surface area contributed by atoms with Crippen molar-refractivity contribution >= 4 is 60.8 Å². The van der Waals surface area contributed by atoms with Gasteiger partial charge < -0.3 is 5.11 Å². The molecule has 0 aromatic heterocycles. The molecule has 168 valence electrons. The first-order valence-electron chi connectivity index (χ1n) is 9.51. The van der Waals surface area contributed by atoms with Crippen LogP contribution in [0.5, 0.6) is 0 Å². The number of sulfonamides is 1. The van der Waals surface area contributed by atoms with Gasteiger partial charge in [-0.25, -0.2) is 13.2 Å². The number of hydrogen-bond acceptors (Lipinski definition) is 3. The Morgan fingerprint density at radius 3 is 2.25 bits per heavy atom. The van der Waals surface area contributed by atoms with Gasteiger partial charge in [-0.3, -0.25) is 4.31 Å². The Balaban J connectivity index is 2.27. The van der Waals surface area contributed by atoms with Crippen LogP contribution in [0.2, 0.25) is 10.0 Å². The molecule has 0 atom stereocenters. The summed E-state index contributed by atoms with van der Waals surface area (Å²) in [5.41, 5.74) is 2.58. The summed E-state index contributed by atoms with van der Waals surface area (Å²) in [5.74, 6) is -1.14. The number of aryl methyl sites for hydroxylation is 1. The normalized spacial score (nSPS) is 11.4. The zero-order chi connectivity index (χ0) is 23.6. The van der Waals surface area contributed by atoms with Gasteiger partial charge in [0.1, 0.15) is 0 Å². The van der Waals surface area contributed by atoms with Crippen molar-refractivity contribution in [1.82, 2.24) is 0 Å². The summed E-state index contributed by atoms with van der Waals surface area (Å²) >= 11 is 16.1. The third-order valence-electron chi connectivity index (χ3n) is 5.02. The fourth-order valence-electron chi connectivity index (χ4n) is 3.43. The van der Waals surface area contributed by atoms with Gasteiger partial charge in [0.2, 0.25) is 0 Å². The van der Waals surface area contributed by atoms with Gasteiger partial charge in [-0.15, -0.1) is 0 Å². The van der Waals surface area contributed by atoms with Crippen LogP contribution in [-0.4, -0.2) is 19.5 Å². The average Bonchev–Trinajstić information content (AvgIpc) is 2.73. The number of nitrogens with zero attached hydrogens (tertiary/aromatic N) is 1. The molecule has 0 aliphatic heterocycles. The highest BCUT2D eigenvalue weighted by Crippen LogP contribution is 2.34. The second kappa shape index (κ2) is 9.83. The molecule has 0 aliphatic carbocycles. The van der Waals surface area contributed by atoms with Crippen molar-refractivity contribution in [3.63, 3.8) is 0 Å². The topological polar surface area (TPSA) is 74.7 Å². The van der Waals surface area contributed by atoms with Crippen LogP contribution in [0.1, 0.15) is 32.6 Å². The second-order valence-corrected chi connectivity index (χ2v) is 10.5. The van der Waals surface area contributed by atoms with Crippen LogP contribution in [0.3, 0.4) is 0 Å². The Kier molecular flexibility index (Phi) is 7.55. The molecule has 5 nitrogen and oxygen atoms in total. The molecule has 32 heavy (non-hydrogen) atoms. The highest BCUT2D eigenvalue weighted by molar-refractivity contribution is 9.08. The number of carbonyl (C=O) groups is 1. The largest absolute Gasteiger partial charge is 0.478 e. The van der Waals surface area contributed by atoms with E-state index < -0.39 is 16.0 Å². The molecule has 0 saturated heterocycles. The van der Waals surface area contributed by atoms with Crippen LogP contribution in [0, 0.1) is 13.8 Å². The van der Waals surface area contributed by atoms with E-state index in [1.807, 2.05) is 13.0 Å². The van der Waals surface area contributed by atoms with Gasteiger partial charge in [-0.1, -0.05) is 57.3 Å². The molecule has 3 aromatic carbocycles. The second-order valence-electron chi connectivity index (χ2n) is 7.25. The number of carboxylic acid groups (broad SMARTS) is 1. The Morgan fingerprint density at radius 1 is 1.03 bits per heavy atom. The van der Waals surface area contributed by atoms with E-state index in [9.17, 15) is 18.3 Å². The zero-order valence-electron chi connectivity index (χ0n) is 17.3. The fraction of sp³-hybridized carbons (Fsp3) is 0.174. The maximum Gasteiger partial charge on any atom is 0.336 e. The van der Waals surface area contributed by atoms with E-state index in [-0.39, 0.29) is 22.7 Å². The van der Waals surface area contributed by atoms with Gasteiger partial charge in [0.15, 0.2) is 0 Å². The molecular weight excluding hydrogens is 537 g/mol. The Labute approximate surface area is 205 Å². The van der Waals surface area contributed by atoms with Crippen molar-refractivity contribution in [2.45, 2.75) is 30.6 Å². The number of hydrogen-bond donors (Lipinski definition) is 1. The lowest BCUT2D eigenvalue weighted by Gasteiger charge is -2.28. The first-order valence-corrected chi connectivity index (χ1v) is 12.8. The summed E-state index contributed by atoms with van der Waals surface area (Å²) in [4.78, 5) is 11.8. The van der Waals surface area contributed by atoms with Crippen molar-refractivity contribution in [3.8, 4) is 0 Å². The predicted octanol–water partition coefficient (Wildman–Crippen LogP) is 6.60. The number of anilines is 1. The molecule has 0 saturated carbocycles. The van der Waals surface area contributed by atoms with Crippen LogP contribution in [0.15, 0.2) is 59.5 Å². The molecular formula is C23H20BrCl2NO4S. The predicted molar refractivity (Wildman–Crippen MR) is 132 cm³/mol.